The maximum absolute atomic E-state index is 12.8. The smallest absolute Gasteiger partial charge is 0.253 e. The Morgan fingerprint density at radius 3 is 2.52 bits per heavy atom. The van der Waals surface area contributed by atoms with Crippen molar-refractivity contribution >= 4 is 11.8 Å². The zero-order chi connectivity index (χ0) is 20.2. The molecule has 158 valence electrons. The number of carbonyl (C=O) groups is 2. The highest BCUT2D eigenvalue weighted by Gasteiger charge is 2.35. The van der Waals surface area contributed by atoms with E-state index < -0.39 is 0 Å². The Morgan fingerprint density at radius 1 is 1.03 bits per heavy atom. The fourth-order valence-electron chi connectivity index (χ4n) is 4.42. The number of amides is 2. The highest BCUT2D eigenvalue weighted by Crippen LogP contribution is 2.25. The van der Waals surface area contributed by atoms with Gasteiger partial charge in [0, 0.05) is 56.8 Å². The van der Waals surface area contributed by atoms with Gasteiger partial charge in [-0.1, -0.05) is 0 Å². The predicted octanol–water partition coefficient (Wildman–Crippen LogP) is 1.66. The summed E-state index contributed by atoms with van der Waals surface area (Å²) in [5, 5.41) is 6.39. The summed E-state index contributed by atoms with van der Waals surface area (Å²) in [7, 11) is 0. The summed E-state index contributed by atoms with van der Waals surface area (Å²) in [6.45, 7) is 5.01. The standard InChI is InChI=1S/C22H32N4O3/c1-15-6-9-23-12-20(15)22(28)25-18-3-2-16(21(27)24-17-4-5-17)13-26(14-18)19-7-10-29-11-8-19/h6,9,12,16-19H,2-5,7-8,10-11,13-14H2,1H3,(H,24,27)(H,25,28)/t16-,18+/m1/s1. The van der Waals surface area contributed by atoms with Gasteiger partial charge in [-0.05, 0) is 57.1 Å². The van der Waals surface area contributed by atoms with Crippen LogP contribution in [0.5, 0.6) is 0 Å². The molecule has 1 saturated carbocycles. The largest absolute Gasteiger partial charge is 0.381 e. The van der Waals surface area contributed by atoms with E-state index in [9.17, 15) is 9.59 Å². The van der Waals surface area contributed by atoms with E-state index in [0.717, 1.165) is 70.4 Å². The zero-order valence-electron chi connectivity index (χ0n) is 17.2. The second kappa shape index (κ2) is 9.22. The average molecular weight is 401 g/mol. The lowest BCUT2D eigenvalue weighted by Crippen LogP contribution is -2.49. The number of aromatic nitrogens is 1. The molecule has 0 unspecified atom stereocenters. The highest BCUT2D eigenvalue weighted by molar-refractivity contribution is 5.95. The van der Waals surface area contributed by atoms with Gasteiger partial charge in [0.1, 0.15) is 0 Å². The number of hydrogen-bond donors (Lipinski definition) is 2. The van der Waals surface area contributed by atoms with E-state index in [4.69, 9.17) is 4.74 Å². The van der Waals surface area contributed by atoms with Crippen LogP contribution in [0.15, 0.2) is 18.5 Å². The molecule has 0 aromatic carbocycles. The third-order valence-electron chi connectivity index (χ3n) is 6.39. The molecule has 0 radical (unpaired) electrons. The summed E-state index contributed by atoms with van der Waals surface area (Å²) in [5.41, 5.74) is 1.55. The molecular formula is C22H32N4O3. The molecule has 7 heteroatoms. The molecule has 1 aromatic rings. The molecule has 3 heterocycles. The summed E-state index contributed by atoms with van der Waals surface area (Å²) in [6.07, 6.45) is 9.12. The van der Waals surface area contributed by atoms with E-state index in [-0.39, 0.29) is 23.8 Å². The van der Waals surface area contributed by atoms with E-state index >= 15 is 0 Å². The number of rotatable bonds is 5. The van der Waals surface area contributed by atoms with Gasteiger partial charge in [-0.15, -0.1) is 0 Å². The first-order valence-corrected chi connectivity index (χ1v) is 10.9. The lowest BCUT2D eigenvalue weighted by atomic mass is 10.00. The molecule has 1 aromatic heterocycles. The SMILES string of the molecule is Cc1ccncc1C(=O)N[C@H]1CC[C@@H](C(=O)NC2CC2)CN(C2CCOCC2)C1. The van der Waals surface area contributed by atoms with Crippen molar-refractivity contribution in [3.63, 3.8) is 0 Å². The first kappa shape index (κ1) is 20.3. The molecule has 4 rings (SSSR count). The van der Waals surface area contributed by atoms with Crippen molar-refractivity contribution in [2.75, 3.05) is 26.3 Å². The van der Waals surface area contributed by atoms with Crippen LogP contribution in [0.3, 0.4) is 0 Å². The van der Waals surface area contributed by atoms with E-state index in [1.807, 2.05) is 13.0 Å². The second-order valence-corrected chi connectivity index (χ2v) is 8.72. The van der Waals surface area contributed by atoms with Gasteiger partial charge in [-0.2, -0.15) is 0 Å². The van der Waals surface area contributed by atoms with Gasteiger partial charge in [-0.3, -0.25) is 19.5 Å². The number of ether oxygens (including phenoxy) is 1. The molecule has 2 amide bonds. The summed E-state index contributed by atoms with van der Waals surface area (Å²) < 4.78 is 5.54. The van der Waals surface area contributed by atoms with Gasteiger partial charge < -0.3 is 15.4 Å². The van der Waals surface area contributed by atoms with Gasteiger partial charge in [0.15, 0.2) is 0 Å². The van der Waals surface area contributed by atoms with Gasteiger partial charge in [0.05, 0.1) is 11.5 Å². The molecule has 29 heavy (non-hydrogen) atoms. The number of aryl methyl sites for hydroxylation is 1. The molecule has 0 bridgehead atoms. The van der Waals surface area contributed by atoms with Crippen LogP contribution in [0.2, 0.25) is 0 Å². The van der Waals surface area contributed by atoms with E-state index in [0.29, 0.717) is 17.6 Å². The number of likely N-dealkylation sites (tertiary alicyclic amines) is 1. The molecule has 3 aliphatic rings. The molecule has 2 atom stereocenters. The number of pyridine rings is 1. The molecule has 2 saturated heterocycles. The number of hydrogen-bond acceptors (Lipinski definition) is 5. The van der Waals surface area contributed by atoms with Crippen molar-refractivity contribution in [2.24, 2.45) is 5.92 Å². The first-order chi connectivity index (χ1) is 14.1. The number of nitrogens with zero attached hydrogens (tertiary/aromatic N) is 2. The topological polar surface area (TPSA) is 83.6 Å². The minimum Gasteiger partial charge on any atom is -0.381 e. The van der Waals surface area contributed by atoms with E-state index in [1.165, 1.54) is 0 Å². The summed E-state index contributed by atoms with van der Waals surface area (Å²) >= 11 is 0. The zero-order valence-corrected chi connectivity index (χ0v) is 17.2. The summed E-state index contributed by atoms with van der Waals surface area (Å²) in [4.78, 5) is 32.1. The van der Waals surface area contributed by atoms with E-state index in [2.05, 4.69) is 20.5 Å². The molecule has 1 aliphatic carbocycles. The summed E-state index contributed by atoms with van der Waals surface area (Å²) in [6, 6.07) is 2.68. The normalized spacial score (nSPS) is 26.5. The lowest BCUT2D eigenvalue weighted by Gasteiger charge is -2.36. The minimum atomic E-state index is -0.0755. The minimum absolute atomic E-state index is 0.0134. The summed E-state index contributed by atoms with van der Waals surface area (Å²) in [5.74, 6) is 0.0912. The van der Waals surface area contributed by atoms with Crippen LogP contribution >= 0.6 is 0 Å². The van der Waals surface area contributed by atoms with E-state index in [1.54, 1.807) is 12.4 Å². The van der Waals surface area contributed by atoms with Crippen molar-refractivity contribution in [3.05, 3.63) is 29.6 Å². The number of nitrogens with one attached hydrogen (secondary N) is 2. The fourth-order valence-corrected chi connectivity index (χ4v) is 4.42. The second-order valence-electron chi connectivity index (χ2n) is 8.72. The third kappa shape index (κ3) is 5.34. The van der Waals surface area contributed by atoms with Gasteiger partial charge in [0.2, 0.25) is 5.91 Å². The van der Waals surface area contributed by atoms with Crippen LogP contribution in [-0.4, -0.2) is 66.1 Å². The first-order valence-electron chi connectivity index (χ1n) is 10.9. The Balaban J connectivity index is 1.45. The molecule has 0 spiro atoms. The maximum Gasteiger partial charge on any atom is 0.253 e. The van der Waals surface area contributed by atoms with Crippen molar-refractivity contribution in [3.8, 4) is 0 Å². The molecule has 2 aliphatic heterocycles. The maximum atomic E-state index is 12.8. The van der Waals surface area contributed by atoms with Crippen molar-refractivity contribution in [1.29, 1.82) is 0 Å². The third-order valence-corrected chi connectivity index (χ3v) is 6.39. The molecular weight excluding hydrogens is 368 g/mol. The molecule has 2 N–H and O–H groups in total. The Hall–Kier alpha value is -1.99. The predicted molar refractivity (Wildman–Crippen MR) is 110 cm³/mol. The van der Waals surface area contributed by atoms with Crippen LogP contribution in [0.1, 0.15) is 54.4 Å². The lowest BCUT2D eigenvalue weighted by molar-refractivity contribution is -0.126. The van der Waals surface area contributed by atoms with Crippen LogP contribution in [-0.2, 0) is 9.53 Å². The van der Waals surface area contributed by atoms with Gasteiger partial charge in [-0.25, -0.2) is 0 Å². The Bertz CT molecular complexity index is 731. The van der Waals surface area contributed by atoms with Crippen molar-refractivity contribution in [1.82, 2.24) is 20.5 Å². The average Bonchev–Trinajstić information content (AvgIpc) is 3.56. The van der Waals surface area contributed by atoms with Crippen molar-refractivity contribution < 1.29 is 14.3 Å². The number of carbonyl (C=O) groups excluding carboxylic acids is 2. The molecule has 7 nitrogen and oxygen atoms in total. The Morgan fingerprint density at radius 2 is 1.79 bits per heavy atom. The van der Waals surface area contributed by atoms with Gasteiger partial charge in [0.25, 0.3) is 5.91 Å². The van der Waals surface area contributed by atoms with Crippen LogP contribution in [0.25, 0.3) is 0 Å². The highest BCUT2D eigenvalue weighted by atomic mass is 16.5. The van der Waals surface area contributed by atoms with Crippen LogP contribution in [0, 0.1) is 12.8 Å². The Kier molecular flexibility index (Phi) is 6.45. The Labute approximate surface area is 172 Å². The van der Waals surface area contributed by atoms with Crippen LogP contribution < -0.4 is 10.6 Å². The fraction of sp³-hybridized carbons (Fsp3) is 0.682. The van der Waals surface area contributed by atoms with Crippen molar-refractivity contribution in [2.45, 2.75) is 63.6 Å². The quantitative estimate of drug-likeness (QED) is 0.785. The van der Waals surface area contributed by atoms with Crippen LogP contribution in [0.4, 0.5) is 0 Å². The van der Waals surface area contributed by atoms with Gasteiger partial charge >= 0.3 is 0 Å². The molecule has 3 fully saturated rings. The monoisotopic (exact) mass is 400 g/mol.